The highest BCUT2D eigenvalue weighted by atomic mass is 16.5. The van der Waals surface area contributed by atoms with Gasteiger partial charge in [-0.3, -0.25) is 14.6 Å². The molecular weight excluding hydrogens is 400 g/mol. The van der Waals surface area contributed by atoms with Gasteiger partial charge in [-0.25, -0.2) is 0 Å². The largest absolute Gasteiger partial charge is 0.507 e. The molecule has 0 spiro atoms. The van der Waals surface area contributed by atoms with E-state index in [-0.39, 0.29) is 23.4 Å². The molecule has 1 aromatic carbocycles. The molecule has 1 N–H and O–H groups in total. The minimum Gasteiger partial charge on any atom is -0.507 e. The molecule has 1 aliphatic heterocycles. The smallest absolute Gasteiger partial charge is 0.296 e. The Morgan fingerprint density at radius 3 is 2.61 bits per heavy atom. The van der Waals surface area contributed by atoms with E-state index in [1.165, 1.54) is 25.4 Å². The van der Waals surface area contributed by atoms with E-state index < -0.39 is 17.7 Å². The number of aliphatic hydroxyl groups is 1. The molecule has 158 valence electrons. The van der Waals surface area contributed by atoms with E-state index >= 15 is 0 Å². The summed E-state index contributed by atoms with van der Waals surface area (Å²) in [5.41, 5.74) is 0.733. The number of Topliss-reactive ketones (excluding diaryl/α,β-unsaturated/α-hetero) is 1. The molecule has 4 rings (SSSR count). The lowest BCUT2D eigenvalue weighted by Gasteiger charge is -2.23. The maximum Gasteiger partial charge on any atom is 0.296 e. The number of hydrogen-bond donors (Lipinski definition) is 1. The van der Waals surface area contributed by atoms with Crippen LogP contribution < -0.4 is 9.47 Å². The number of methoxy groups -OCH3 is 2. The Morgan fingerprint density at radius 1 is 1.13 bits per heavy atom. The standard InChI is InChI=1S/C23H20N2O6/c1-29-15-8-9-17(30-2)16(12-15)21(26)19-20(18-7-5-11-31-18)25(23(28)22(19)27)13-14-6-3-4-10-24-14/h3-12,20,26H,13H2,1-2H3/b21-19-. The molecule has 1 fully saturated rings. The molecule has 2 aromatic heterocycles. The highest BCUT2D eigenvalue weighted by Gasteiger charge is 2.47. The molecule has 1 atom stereocenters. The topological polar surface area (TPSA) is 102 Å². The number of carbonyl (C=O) groups is 2. The maximum atomic E-state index is 13.0. The summed E-state index contributed by atoms with van der Waals surface area (Å²) in [6.45, 7) is 0.0722. The Morgan fingerprint density at radius 2 is 1.97 bits per heavy atom. The highest BCUT2D eigenvalue weighted by molar-refractivity contribution is 6.46. The van der Waals surface area contributed by atoms with Crippen molar-refractivity contribution in [1.29, 1.82) is 0 Å². The maximum absolute atomic E-state index is 13.0. The van der Waals surface area contributed by atoms with Crippen LogP contribution in [-0.2, 0) is 16.1 Å². The molecule has 31 heavy (non-hydrogen) atoms. The summed E-state index contributed by atoms with van der Waals surface area (Å²) in [5.74, 6) is -0.820. The molecule has 1 aliphatic rings. The summed E-state index contributed by atoms with van der Waals surface area (Å²) in [5, 5.41) is 11.2. The average molecular weight is 420 g/mol. The first-order valence-corrected chi connectivity index (χ1v) is 9.49. The zero-order valence-corrected chi connectivity index (χ0v) is 16.9. The average Bonchev–Trinajstić information content (AvgIpc) is 3.41. The second kappa shape index (κ2) is 8.35. The second-order valence-electron chi connectivity index (χ2n) is 6.83. The number of nitrogens with zero attached hydrogens (tertiary/aromatic N) is 2. The number of aliphatic hydroxyl groups excluding tert-OH is 1. The normalized spacial score (nSPS) is 17.7. The molecular formula is C23H20N2O6. The summed E-state index contributed by atoms with van der Waals surface area (Å²) >= 11 is 0. The van der Waals surface area contributed by atoms with E-state index in [4.69, 9.17) is 13.9 Å². The number of pyridine rings is 1. The van der Waals surface area contributed by atoms with Crippen molar-refractivity contribution in [3.63, 3.8) is 0 Å². The summed E-state index contributed by atoms with van der Waals surface area (Å²) in [7, 11) is 2.93. The summed E-state index contributed by atoms with van der Waals surface area (Å²) in [6.07, 6.45) is 3.05. The highest BCUT2D eigenvalue weighted by Crippen LogP contribution is 2.42. The van der Waals surface area contributed by atoms with Crippen molar-refractivity contribution >= 4 is 17.4 Å². The molecule has 1 unspecified atom stereocenters. The lowest BCUT2D eigenvalue weighted by atomic mass is 9.98. The molecule has 0 aliphatic carbocycles. The van der Waals surface area contributed by atoms with Crippen LogP contribution in [-0.4, -0.2) is 40.9 Å². The fourth-order valence-electron chi connectivity index (χ4n) is 3.60. The van der Waals surface area contributed by atoms with E-state index in [0.29, 0.717) is 23.0 Å². The lowest BCUT2D eigenvalue weighted by Crippen LogP contribution is -2.29. The van der Waals surface area contributed by atoms with E-state index in [1.807, 2.05) is 0 Å². The Kier molecular flexibility index (Phi) is 5.44. The Labute approximate surface area is 178 Å². The van der Waals surface area contributed by atoms with E-state index in [1.54, 1.807) is 54.7 Å². The monoisotopic (exact) mass is 420 g/mol. The van der Waals surface area contributed by atoms with Crippen molar-refractivity contribution in [2.45, 2.75) is 12.6 Å². The Balaban J connectivity index is 1.88. The van der Waals surface area contributed by atoms with Crippen molar-refractivity contribution in [2.75, 3.05) is 14.2 Å². The number of furan rings is 1. The number of carbonyl (C=O) groups excluding carboxylic acids is 2. The van der Waals surface area contributed by atoms with Crippen molar-refractivity contribution in [3.05, 3.63) is 83.6 Å². The van der Waals surface area contributed by atoms with E-state index in [9.17, 15) is 14.7 Å². The zero-order valence-electron chi connectivity index (χ0n) is 16.9. The van der Waals surface area contributed by atoms with Gasteiger partial charge >= 0.3 is 0 Å². The van der Waals surface area contributed by atoms with Gasteiger partial charge in [0, 0.05) is 6.20 Å². The minimum atomic E-state index is -0.923. The first kappa shape index (κ1) is 20.2. The van der Waals surface area contributed by atoms with Crippen LogP contribution in [0.5, 0.6) is 11.5 Å². The van der Waals surface area contributed by atoms with Gasteiger partial charge in [0.2, 0.25) is 0 Å². The molecule has 0 radical (unpaired) electrons. The van der Waals surface area contributed by atoms with Gasteiger partial charge in [0.1, 0.15) is 29.1 Å². The van der Waals surface area contributed by atoms with Crippen LogP contribution in [0.15, 0.2) is 71.0 Å². The minimum absolute atomic E-state index is 0.0722. The molecule has 3 heterocycles. The first-order valence-electron chi connectivity index (χ1n) is 9.49. The van der Waals surface area contributed by atoms with Gasteiger partial charge < -0.3 is 23.9 Å². The fourth-order valence-corrected chi connectivity index (χ4v) is 3.60. The lowest BCUT2D eigenvalue weighted by molar-refractivity contribution is -0.140. The fraction of sp³-hybridized carbons (Fsp3) is 0.174. The predicted octanol–water partition coefficient (Wildman–Crippen LogP) is 3.31. The number of hydrogen-bond acceptors (Lipinski definition) is 7. The molecule has 3 aromatic rings. The van der Waals surface area contributed by atoms with Crippen molar-refractivity contribution < 1.29 is 28.6 Å². The number of rotatable bonds is 6. The van der Waals surface area contributed by atoms with Crippen LogP contribution in [0.3, 0.4) is 0 Å². The molecule has 0 saturated carbocycles. The molecule has 1 amide bonds. The number of likely N-dealkylation sites (tertiary alicyclic amines) is 1. The van der Waals surface area contributed by atoms with Crippen molar-refractivity contribution in [2.24, 2.45) is 0 Å². The third kappa shape index (κ3) is 3.63. The van der Waals surface area contributed by atoms with Gasteiger partial charge in [-0.15, -0.1) is 0 Å². The van der Waals surface area contributed by atoms with Crippen LogP contribution in [0.2, 0.25) is 0 Å². The van der Waals surface area contributed by atoms with Crippen LogP contribution >= 0.6 is 0 Å². The number of ether oxygens (including phenoxy) is 2. The van der Waals surface area contributed by atoms with Crippen molar-refractivity contribution in [1.82, 2.24) is 9.88 Å². The summed E-state index contributed by atoms with van der Waals surface area (Å²) in [6, 6.07) is 12.5. The number of aromatic nitrogens is 1. The van der Waals surface area contributed by atoms with Gasteiger partial charge in [-0.05, 0) is 42.5 Å². The van der Waals surface area contributed by atoms with Gasteiger partial charge in [0.05, 0.1) is 43.9 Å². The molecule has 1 saturated heterocycles. The van der Waals surface area contributed by atoms with Gasteiger partial charge in [0.25, 0.3) is 11.7 Å². The molecule has 8 heteroatoms. The van der Waals surface area contributed by atoms with Gasteiger partial charge in [0.15, 0.2) is 0 Å². The number of ketones is 1. The van der Waals surface area contributed by atoms with Crippen LogP contribution in [0, 0.1) is 0 Å². The summed E-state index contributed by atoms with van der Waals surface area (Å²) in [4.78, 5) is 31.6. The van der Waals surface area contributed by atoms with Gasteiger partial charge in [-0.2, -0.15) is 0 Å². The van der Waals surface area contributed by atoms with E-state index in [2.05, 4.69) is 4.98 Å². The quantitative estimate of drug-likeness (QED) is 0.371. The third-order valence-electron chi connectivity index (χ3n) is 5.07. The Bertz CT molecular complexity index is 1140. The van der Waals surface area contributed by atoms with E-state index in [0.717, 1.165) is 0 Å². The first-order chi connectivity index (χ1) is 15.0. The molecule has 0 bridgehead atoms. The Hall–Kier alpha value is -4.07. The van der Waals surface area contributed by atoms with Crippen LogP contribution in [0.4, 0.5) is 0 Å². The van der Waals surface area contributed by atoms with Gasteiger partial charge in [-0.1, -0.05) is 6.07 Å². The number of amides is 1. The van der Waals surface area contributed by atoms with Crippen LogP contribution in [0.25, 0.3) is 5.76 Å². The molecule has 8 nitrogen and oxygen atoms in total. The predicted molar refractivity (Wildman–Crippen MR) is 110 cm³/mol. The summed E-state index contributed by atoms with van der Waals surface area (Å²) < 4.78 is 16.1. The second-order valence-corrected chi connectivity index (χ2v) is 6.83. The van der Waals surface area contributed by atoms with Crippen LogP contribution in [0.1, 0.15) is 23.1 Å². The zero-order chi connectivity index (χ0) is 22.0. The SMILES string of the molecule is COc1ccc(OC)c(/C(O)=C2/C(=O)C(=O)N(Cc3ccccn3)C2c2ccco2)c1. The number of benzene rings is 1. The van der Waals surface area contributed by atoms with Crippen molar-refractivity contribution in [3.8, 4) is 11.5 Å². The third-order valence-corrected chi connectivity index (χ3v) is 5.07.